The minimum absolute atomic E-state index is 0.00305. The number of hydrogen-bond donors (Lipinski definition) is 1. The SMILES string of the molecule is CCOc1ccc(NC(=O)Cn2cnc3ccc(Cl)cc3c2=O)c([N+](=O)[O-])c1. The molecule has 3 rings (SSSR count). The molecule has 0 bridgehead atoms. The highest BCUT2D eigenvalue weighted by Crippen LogP contribution is 2.29. The van der Waals surface area contributed by atoms with Crippen molar-refractivity contribution in [3.05, 3.63) is 68.2 Å². The van der Waals surface area contributed by atoms with Gasteiger partial charge in [-0.05, 0) is 37.3 Å². The smallest absolute Gasteiger partial charge is 0.296 e. The molecular formula is C18H15ClN4O5. The van der Waals surface area contributed by atoms with Crippen LogP contribution < -0.4 is 15.6 Å². The van der Waals surface area contributed by atoms with Gasteiger partial charge < -0.3 is 10.1 Å². The lowest BCUT2D eigenvalue weighted by atomic mass is 10.2. The number of aromatic nitrogens is 2. The van der Waals surface area contributed by atoms with Crippen molar-refractivity contribution >= 4 is 39.8 Å². The summed E-state index contributed by atoms with van der Waals surface area (Å²) in [6, 6.07) is 8.80. The molecule has 0 aliphatic rings. The molecule has 0 unspecified atom stereocenters. The highest BCUT2D eigenvalue weighted by molar-refractivity contribution is 6.31. The molecule has 1 N–H and O–H groups in total. The van der Waals surface area contributed by atoms with Crippen LogP contribution in [0.3, 0.4) is 0 Å². The molecule has 144 valence electrons. The minimum Gasteiger partial charge on any atom is -0.494 e. The molecule has 0 radical (unpaired) electrons. The molecule has 0 aliphatic carbocycles. The van der Waals surface area contributed by atoms with Gasteiger partial charge in [-0.2, -0.15) is 0 Å². The van der Waals surface area contributed by atoms with Crippen LogP contribution in [0.25, 0.3) is 10.9 Å². The van der Waals surface area contributed by atoms with E-state index in [0.29, 0.717) is 22.9 Å². The second-order valence-electron chi connectivity index (χ2n) is 5.76. The van der Waals surface area contributed by atoms with Crippen LogP contribution in [0, 0.1) is 10.1 Å². The second-order valence-corrected chi connectivity index (χ2v) is 6.19. The zero-order valence-corrected chi connectivity index (χ0v) is 15.5. The van der Waals surface area contributed by atoms with Crippen molar-refractivity contribution in [3.63, 3.8) is 0 Å². The van der Waals surface area contributed by atoms with E-state index in [1.165, 1.54) is 30.6 Å². The number of halogens is 1. The maximum atomic E-state index is 12.5. The summed E-state index contributed by atoms with van der Waals surface area (Å²) >= 11 is 5.91. The van der Waals surface area contributed by atoms with Gasteiger partial charge in [0.1, 0.15) is 18.0 Å². The number of rotatable bonds is 6. The molecule has 2 aromatic carbocycles. The Morgan fingerprint density at radius 1 is 1.32 bits per heavy atom. The van der Waals surface area contributed by atoms with Gasteiger partial charge in [0.05, 0.1) is 34.8 Å². The first kappa shape index (κ1) is 19.3. The summed E-state index contributed by atoms with van der Waals surface area (Å²) in [5.74, 6) is -0.295. The van der Waals surface area contributed by atoms with Crippen LogP contribution >= 0.6 is 11.6 Å². The van der Waals surface area contributed by atoms with Crippen LogP contribution in [0.4, 0.5) is 11.4 Å². The Hall–Kier alpha value is -3.46. The van der Waals surface area contributed by atoms with Gasteiger partial charge in [-0.15, -0.1) is 0 Å². The largest absolute Gasteiger partial charge is 0.494 e. The van der Waals surface area contributed by atoms with Crippen molar-refractivity contribution in [1.82, 2.24) is 9.55 Å². The fraction of sp³-hybridized carbons (Fsp3) is 0.167. The van der Waals surface area contributed by atoms with Crippen LogP contribution in [-0.4, -0.2) is 27.0 Å². The third kappa shape index (κ3) is 4.09. The molecular weight excluding hydrogens is 388 g/mol. The van der Waals surface area contributed by atoms with Crippen LogP contribution in [-0.2, 0) is 11.3 Å². The zero-order chi connectivity index (χ0) is 20.3. The van der Waals surface area contributed by atoms with E-state index < -0.39 is 16.4 Å². The van der Waals surface area contributed by atoms with Gasteiger partial charge in [0.2, 0.25) is 5.91 Å². The Balaban J connectivity index is 1.85. The molecule has 9 nitrogen and oxygen atoms in total. The first-order valence-electron chi connectivity index (χ1n) is 8.25. The maximum Gasteiger partial charge on any atom is 0.296 e. The average molecular weight is 403 g/mol. The van der Waals surface area contributed by atoms with E-state index in [0.717, 1.165) is 4.57 Å². The molecule has 0 fully saturated rings. The highest BCUT2D eigenvalue weighted by Gasteiger charge is 2.18. The Morgan fingerprint density at radius 2 is 2.11 bits per heavy atom. The van der Waals surface area contributed by atoms with E-state index in [1.54, 1.807) is 19.1 Å². The van der Waals surface area contributed by atoms with E-state index in [2.05, 4.69) is 10.3 Å². The van der Waals surface area contributed by atoms with Crippen LogP contribution in [0.2, 0.25) is 5.02 Å². The number of nitro groups is 1. The number of carbonyl (C=O) groups is 1. The topological polar surface area (TPSA) is 116 Å². The predicted molar refractivity (Wildman–Crippen MR) is 104 cm³/mol. The summed E-state index contributed by atoms with van der Waals surface area (Å²) in [6.45, 7) is 1.74. The molecule has 1 aromatic heterocycles. The van der Waals surface area contributed by atoms with E-state index in [1.807, 2.05) is 0 Å². The van der Waals surface area contributed by atoms with E-state index in [-0.39, 0.29) is 23.3 Å². The van der Waals surface area contributed by atoms with Crippen LogP contribution in [0.15, 0.2) is 47.5 Å². The number of carbonyl (C=O) groups excluding carboxylic acids is 1. The molecule has 10 heteroatoms. The fourth-order valence-electron chi connectivity index (χ4n) is 2.61. The lowest BCUT2D eigenvalue weighted by molar-refractivity contribution is -0.384. The molecule has 3 aromatic rings. The van der Waals surface area contributed by atoms with Crippen molar-refractivity contribution in [2.75, 3.05) is 11.9 Å². The lowest BCUT2D eigenvalue weighted by Crippen LogP contribution is -2.28. The third-order valence-electron chi connectivity index (χ3n) is 3.85. The Bertz CT molecular complexity index is 1130. The van der Waals surface area contributed by atoms with Gasteiger partial charge in [-0.3, -0.25) is 24.3 Å². The van der Waals surface area contributed by atoms with Crippen molar-refractivity contribution in [2.24, 2.45) is 0 Å². The number of benzene rings is 2. The van der Waals surface area contributed by atoms with Gasteiger partial charge in [0.25, 0.3) is 11.2 Å². The molecule has 0 saturated heterocycles. The van der Waals surface area contributed by atoms with Gasteiger partial charge >= 0.3 is 0 Å². The number of fused-ring (bicyclic) bond motifs is 1. The molecule has 0 saturated carbocycles. The summed E-state index contributed by atoms with van der Waals surface area (Å²) in [5.41, 5.74) is -0.296. The predicted octanol–water partition coefficient (Wildman–Crippen LogP) is 3.00. The van der Waals surface area contributed by atoms with Gasteiger partial charge in [0, 0.05) is 5.02 Å². The summed E-state index contributed by atoms with van der Waals surface area (Å²) in [5, 5.41) is 14.4. The summed E-state index contributed by atoms with van der Waals surface area (Å²) in [6.07, 6.45) is 1.24. The second kappa shape index (κ2) is 8.05. The minimum atomic E-state index is -0.621. The normalized spacial score (nSPS) is 10.6. The summed E-state index contributed by atoms with van der Waals surface area (Å²) < 4.78 is 6.34. The van der Waals surface area contributed by atoms with Gasteiger partial charge in [0.15, 0.2) is 0 Å². The van der Waals surface area contributed by atoms with Crippen LogP contribution in [0.5, 0.6) is 5.75 Å². The lowest BCUT2D eigenvalue weighted by Gasteiger charge is -2.10. The van der Waals surface area contributed by atoms with Crippen molar-refractivity contribution < 1.29 is 14.5 Å². The van der Waals surface area contributed by atoms with E-state index in [4.69, 9.17) is 16.3 Å². The molecule has 0 aliphatic heterocycles. The molecule has 0 atom stereocenters. The molecule has 28 heavy (non-hydrogen) atoms. The highest BCUT2D eigenvalue weighted by atomic mass is 35.5. The van der Waals surface area contributed by atoms with Crippen molar-refractivity contribution in [1.29, 1.82) is 0 Å². The number of nitrogens with zero attached hydrogens (tertiary/aromatic N) is 3. The zero-order valence-electron chi connectivity index (χ0n) is 14.7. The Kier molecular flexibility index (Phi) is 5.55. The van der Waals surface area contributed by atoms with E-state index >= 15 is 0 Å². The first-order chi connectivity index (χ1) is 13.4. The molecule has 1 heterocycles. The monoisotopic (exact) mass is 402 g/mol. The quantitative estimate of drug-likeness (QED) is 0.500. The van der Waals surface area contributed by atoms with Crippen LogP contribution in [0.1, 0.15) is 6.92 Å². The number of hydrogen-bond acceptors (Lipinski definition) is 6. The Morgan fingerprint density at radius 3 is 2.82 bits per heavy atom. The third-order valence-corrected chi connectivity index (χ3v) is 4.09. The fourth-order valence-corrected chi connectivity index (χ4v) is 2.79. The Labute approximate surface area is 163 Å². The van der Waals surface area contributed by atoms with E-state index in [9.17, 15) is 19.7 Å². The number of nitro benzene ring substituents is 1. The van der Waals surface area contributed by atoms with Crippen molar-refractivity contribution in [2.45, 2.75) is 13.5 Å². The number of ether oxygens (including phenoxy) is 1. The summed E-state index contributed by atoms with van der Waals surface area (Å²) in [4.78, 5) is 39.6. The molecule has 0 spiro atoms. The first-order valence-corrected chi connectivity index (χ1v) is 8.62. The number of nitrogens with one attached hydrogen (secondary N) is 1. The van der Waals surface area contributed by atoms with Crippen molar-refractivity contribution in [3.8, 4) is 5.75 Å². The van der Waals surface area contributed by atoms with Gasteiger partial charge in [-0.25, -0.2) is 4.98 Å². The molecule has 1 amide bonds. The standard InChI is InChI=1S/C18H15ClN4O5/c1-2-28-12-4-6-15(16(8-12)23(26)27)21-17(24)9-22-10-20-14-5-3-11(19)7-13(14)18(22)25/h3-8,10H,2,9H2,1H3,(H,21,24). The number of anilines is 1. The summed E-state index contributed by atoms with van der Waals surface area (Å²) in [7, 11) is 0. The number of amides is 1. The average Bonchev–Trinajstić information content (AvgIpc) is 2.65. The maximum absolute atomic E-state index is 12.5. The van der Waals surface area contributed by atoms with Gasteiger partial charge in [-0.1, -0.05) is 11.6 Å².